The topological polar surface area (TPSA) is 69.6 Å². The molecule has 19 heavy (non-hydrogen) atoms. The molecule has 0 heterocycles. The van der Waals surface area contributed by atoms with E-state index in [1.54, 1.807) is 24.3 Å². The van der Waals surface area contributed by atoms with Crippen molar-refractivity contribution in [3.63, 3.8) is 0 Å². The van der Waals surface area contributed by atoms with Gasteiger partial charge in [-0.15, -0.1) is 0 Å². The van der Waals surface area contributed by atoms with Crippen molar-refractivity contribution in [2.75, 3.05) is 6.54 Å². The lowest BCUT2D eigenvalue weighted by molar-refractivity contribution is -0.120. The Balaban J connectivity index is 1.71. The van der Waals surface area contributed by atoms with E-state index >= 15 is 0 Å². The van der Waals surface area contributed by atoms with Crippen molar-refractivity contribution in [1.82, 2.24) is 5.32 Å². The Bertz CT molecular complexity index is 408. The van der Waals surface area contributed by atoms with Gasteiger partial charge in [0.1, 0.15) is 5.75 Å². The van der Waals surface area contributed by atoms with E-state index < -0.39 is 0 Å². The van der Waals surface area contributed by atoms with Gasteiger partial charge in [-0.1, -0.05) is 12.1 Å². The fourth-order valence-corrected chi connectivity index (χ4v) is 2.47. The number of carbonyl (C=O) groups is 1. The second kappa shape index (κ2) is 6.57. The van der Waals surface area contributed by atoms with E-state index in [0.29, 0.717) is 18.9 Å². The smallest absolute Gasteiger partial charge is 0.224 e. The Labute approximate surface area is 113 Å². The third-order valence-corrected chi connectivity index (χ3v) is 3.71. The number of phenols is 1. The zero-order valence-corrected chi connectivity index (χ0v) is 11.0. The molecule has 0 bridgehead atoms. The predicted octanol–water partition coefficient (Wildman–Crippen LogP) is 1.60. The van der Waals surface area contributed by atoms with Crippen LogP contribution >= 0.6 is 0 Å². The van der Waals surface area contributed by atoms with Gasteiger partial charge in [0.2, 0.25) is 5.91 Å². The van der Waals surface area contributed by atoms with Gasteiger partial charge in [0.15, 0.2) is 0 Å². The average Bonchev–Trinajstić information content (AvgIpc) is 2.41. The molecule has 2 rings (SSSR count). The standard InChI is InChI=1S/C15H21NO3/c17-13-5-1-11(2-6-13)9-15(19)16-10-12-3-7-14(18)8-4-12/h1-2,5-6,12,14,17-18H,3-4,7-10H2,(H,16,19). The van der Waals surface area contributed by atoms with Gasteiger partial charge in [0, 0.05) is 6.54 Å². The van der Waals surface area contributed by atoms with Crippen LogP contribution in [0.5, 0.6) is 5.75 Å². The molecule has 3 N–H and O–H groups in total. The van der Waals surface area contributed by atoms with Crippen LogP contribution in [0.25, 0.3) is 0 Å². The Morgan fingerprint density at radius 3 is 2.42 bits per heavy atom. The van der Waals surface area contributed by atoms with Crippen LogP contribution in [-0.2, 0) is 11.2 Å². The van der Waals surface area contributed by atoms with Crippen LogP contribution < -0.4 is 5.32 Å². The molecule has 1 aliphatic carbocycles. The molecule has 0 radical (unpaired) electrons. The summed E-state index contributed by atoms with van der Waals surface area (Å²) in [4.78, 5) is 11.8. The molecule has 1 aliphatic rings. The molecule has 0 spiro atoms. The Morgan fingerprint density at radius 1 is 1.16 bits per heavy atom. The van der Waals surface area contributed by atoms with Crippen LogP contribution in [0.15, 0.2) is 24.3 Å². The third-order valence-electron chi connectivity index (χ3n) is 3.71. The lowest BCUT2D eigenvalue weighted by Gasteiger charge is -2.25. The number of phenolic OH excluding ortho intramolecular Hbond substituents is 1. The van der Waals surface area contributed by atoms with Crippen LogP contribution in [0.4, 0.5) is 0 Å². The molecular weight excluding hydrogens is 242 g/mol. The van der Waals surface area contributed by atoms with Crippen molar-refractivity contribution in [2.45, 2.75) is 38.2 Å². The van der Waals surface area contributed by atoms with E-state index in [9.17, 15) is 9.90 Å². The van der Waals surface area contributed by atoms with Gasteiger partial charge in [-0.3, -0.25) is 4.79 Å². The summed E-state index contributed by atoms with van der Waals surface area (Å²) >= 11 is 0. The summed E-state index contributed by atoms with van der Waals surface area (Å²) in [5, 5.41) is 21.5. The van der Waals surface area contributed by atoms with Gasteiger partial charge in [-0.25, -0.2) is 0 Å². The maximum atomic E-state index is 11.8. The number of nitrogens with one attached hydrogen (secondary N) is 1. The van der Waals surface area contributed by atoms with E-state index in [2.05, 4.69) is 5.32 Å². The van der Waals surface area contributed by atoms with Crippen LogP contribution in [0.2, 0.25) is 0 Å². The molecule has 0 aliphatic heterocycles. The van der Waals surface area contributed by atoms with Gasteiger partial charge in [-0.05, 0) is 49.3 Å². The first kappa shape index (κ1) is 13.9. The lowest BCUT2D eigenvalue weighted by Crippen LogP contribution is -2.33. The monoisotopic (exact) mass is 263 g/mol. The number of hydrogen-bond acceptors (Lipinski definition) is 3. The minimum atomic E-state index is -0.149. The van der Waals surface area contributed by atoms with Crippen LogP contribution in [0.1, 0.15) is 31.2 Å². The molecule has 4 heteroatoms. The van der Waals surface area contributed by atoms with E-state index in [1.807, 2.05) is 0 Å². The maximum absolute atomic E-state index is 11.8. The van der Waals surface area contributed by atoms with Crippen molar-refractivity contribution in [2.24, 2.45) is 5.92 Å². The van der Waals surface area contributed by atoms with E-state index in [4.69, 9.17) is 5.11 Å². The fourth-order valence-electron chi connectivity index (χ4n) is 2.47. The SMILES string of the molecule is O=C(Cc1ccc(O)cc1)NCC1CCC(O)CC1. The summed E-state index contributed by atoms with van der Waals surface area (Å²) in [6, 6.07) is 6.69. The Morgan fingerprint density at radius 2 is 1.79 bits per heavy atom. The van der Waals surface area contributed by atoms with Crippen molar-refractivity contribution in [3.05, 3.63) is 29.8 Å². The van der Waals surface area contributed by atoms with E-state index in [-0.39, 0.29) is 17.8 Å². The van der Waals surface area contributed by atoms with Crippen molar-refractivity contribution in [1.29, 1.82) is 0 Å². The highest BCUT2D eigenvalue weighted by molar-refractivity contribution is 5.78. The first-order valence-electron chi connectivity index (χ1n) is 6.86. The van der Waals surface area contributed by atoms with Crippen molar-refractivity contribution in [3.8, 4) is 5.75 Å². The fraction of sp³-hybridized carbons (Fsp3) is 0.533. The minimum absolute atomic E-state index is 0.0109. The largest absolute Gasteiger partial charge is 0.508 e. The van der Waals surface area contributed by atoms with Gasteiger partial charge in [0.05, 0.1) is 12.5 Å². The molecule has 0 aromatic heterocycles. The zero-order valence-electron chi connectivity index (χ0n) is 11.0. The first-order chi connectivity index (χ1) is 9.13. The van der Waals surface area contributed by atoms with Gasteiger partial charge < -0.3 is 15.5 Å². The highest BCUT2D eigenvalue weighted by Gasteiger charge is 2.19. The van der Waals surface area contributed by atoms with Gasteiger partial charge in [-0.2, -0.15) is 0 Å². The summed E-state index contributed by atoms with van der Waals surface area (Å²) < 4.78 is 0. The second-order valence-electron chi connectivity index (χ2n) is 5.32. The zero-order chi connectivity index (χ0) is 13.7. The van der Waals surface area contributed by atoms with E-state index in [1.165, 1.54) is 0 Å². The van der Waals surface area contributed by atoms with Crippen molar-refractivity contribution >= 4 is 5.91 Å². The number of aliphatic hydroxyl groups is 1. The number of benzene rings is 1. The van der Waals surface area contributed by atoms with Crippen LogP contribution in [0.3, 0.4) is 0 Å². The van der Waals surface area contributed by atoms with E-state index in [0.717, 1.165) is 31.2 Å². The minimum Gasteiger partial charge on any atom is -0.508 e. The van der Waals surface area contributed by atoms with Crippen molar-refractivity contribution < 1.29 is 15.0 Å². The summed E-state index contributed by atoms with van der Waals surface area (Å²) in [5.41, 5.74) is 0.898. The summed E-state index contributed by atoms with van der Waals surface area (Å²) in [6.07, 6.45) is 3.86. The number of aliphatic hydroxyl groups excluding tert-OH is 1. The molecule has 104 valence electrons. The summed E-state index contributed by atoms with van der Waals surface area (Å²) in [7, 11) is 0. The molecule has 1 aromatic rings. The number of carbonyl (C=O) groups excluding carboxylic acids is 1. The molecule has 4 nitrogen and oxygen atoms in total. The maximum Gasteiger partial charge on any atom is 0.224 e. The highest BCUT2D eigenvalue weighted by Crippen LogP contribution is 2.23. The number of rotatable bonds is 4. The summed E-state index contributed by atoms with van der Waals surface area (Å²) in [5.74, 6) is 0.717. The Kier molecular flexibility index (Phi) is 4.80. The quantitative estimate of drug-likeness (QED) is 0.773. The molecule has 1 saturated carbocycles. The molecule has 0 unspecified atom stereocenters. The average molecular weight is 263 g/mol. The summed E-state index contributed by atoms with van der Waals surface area (Å²) in [6.45, 7) is 0.698. The van der Waals surface area contributed by atoms with Gasteiger partial charge >= 0.3 is 0 Å². The number of aromatic hydroxyl groups is 1. The molecule has 1 amide bonds. The highest BCUT2D eigenvalue weighted by atomic mass is 16.3. The number of amides is 1. The van der Waals surface area contributed by atoms with Gasteiger partial charge in [0.25, 0.3) is 0 Å². The number of hydrogen-bond donors (Lipinski definition) is 3. The predicted molar refractivity (Wildman–Crippen MR) is 72.8 cm³/mol. The molecule has 1 fully saturated rings. The molecular formula is C15H21NO3. The lowest BCUT2D eigenvalue weighted by atomic mass is 9.87. The molecule has 0 saturated heterocycles. The molecule has 1 aromatic carbocycles. The Hall–Kier alpha value is -1.55. The normalized spacial score (nSPS) is 23.0. The second-order valence-corrected chi connectivity index (χ2v) is 5.32. The van der Waals surface area contributed by atoms with Crippen LogP contribution in [-0.4, -0.2) is 28.8 Å². The first-order valence-corrected chi connectivity index (χ1v) is 6.86. The van der Waals surface area contributed by atoms with Crippen LogP contribution in [0, 0.1) is 5.92 Å². The molecule has 0 atom stereocenters. The third kappa shape index (κ3) is 4.56.